The maximum absolute atomic E-state index is 12.5. The predicted molar refractivity (Wildman–Crippen MR) is 121 cm³/mol. The molecule has 0 spiro atoms. The molecular weight excluding hydrogens is 378 g/mol. The summed E-state index contributed by atoms with van der Waals surface area (Å²) in [6, 6.07) is 19.4. The lowest BCUT2D eigenvalue weighted by Crippen LogP contribution is -2.40. The number of carbonyl (C=O) groups excluding carboxylic acids is 1. The highest BCUT2D eigenvalue weighted by Crippen LogP contribution is 2.29. The first-order valence-electron chi connectivity index (χ1n) is 10.0. The average molecular weight is 406 g/mol. The highest BCUT2D eigenvalue weighted by atomic mass is 32.1. The van der Waals surface area contributed by atoms with Gasteiger partial charge in [0, 0.05) is 50.4 Å². The van der Waals surface area contributed by atoms with Crippen molar-refractivity contribution in [3.8, 4) is 0 Å². The first-order chi connectivity index (χ1) is 14.1. The van der Waals surface area contributed by atoms with E-state index in [1.54, 1.807) is 11.3 Å². The van der Waals surface area contributed by atoms with Crippen molar-refractivity contribution in [2.45, 2.75) is 19.0 Å². The van der Waals surface area contributed by atoms with Crippen molar-refractivity contribution in [3.63, 3.8) is 0 Å². The molecule has 0 aliphatic carbocycles. The van der Waals surface area contributed by atoms with Gasteiger partial charge < -0.3 is 10.2 Å². The molecule has 5 heteroatoms. The third-order valence-corrected chi connectivity index (χ3v) is 6.32. The minimum absolute atomic E-state index is 0.00132. The molecule has 4 rings (SSSR count). The number of hydrogen-bond donors (Lipinski definition) is 1. The van der Waals surface area contributed by atoms with E-state index in [1.807, 2.05) is 16.8 Å². The van der Waals surface area contributed by atoms with Crippen LogP contribution in [0.4, 0.5) is 5.69 Å². The van der Waals surface area contributed by atoms with Gasteiger partial charge in [-0.2, -0.15) is 11.3 Å². The van der Waals surface area contributed by atoms with Crippen molar-refractivity contribution >= 4 is 22.9 Å². The second-order valence-electron chi connectivity index (χ2n) is 7.71. The summed E-state index contributed by atoms with van der Waals surface area (Å²) < 4.78 is 0. The number of thiophene rings is 1. The molecule has 1 atom stereocenters. The van der Waals surface area contributed by atoms with Gasteiger partial charge in [0.05, 0.1) is 6.04 Å². The maximum Gasteiger partial charge on any atom is 0.252 e. The normalized spacial score (nSPS) is 14.8. The monoisotopic (exact) mass is 405 g/mol. The average Bonchev–Trinajstić information content (AvgIpc) is 3.29. The summed E-state index contributed by atoms with van der Waals surface area (Å²) in [7, 11) is 4.10. The van der Waals surface area contributed by atoms with Crippen LogP contribution in [-0.4, -0.2) is 38.0 Å². The zero-order valence-electron chi connectivity index (χ0n) is 17.0. The lowest BCUT2D eigenvalue weighted by Gasteiger charge is -2.36. The first-order valence-corrected chi connectivity index (χ1v) is 10.9. The van der Waals surface area contributed by atoms with E-state index < -0.39 is 0 Å². The summed E-state index contributed by atoms with van der Waals surface area (Å²) in [6.45, 7) is 2.49. The van der Waals surface area contributed by atoms with Gasteiger partial charge in [-0.1, -0.05) is 36.4 Å². The molecule has 4 nitrogen and oxygen atoms in total. The summed E-state index contributed by atoms with van der Waals surface area (Å²) in [4.78, 5) is 17.1. The van der Waals surface area contributed by atoms with Crippen molar-refractivity contribution in [3.05, 3.63) is 87.6 Å². The molecule has 3 aromatic rings. The quantitative estimate of drug-likeness (QED) is 0.663. The van der Waals surface area contributed by atoms with Crippen molar-refractivity contribution in [2.24, 2.45) is 0 Å². The standard InChI is InChI=1S/C24H27N3OS/c1-26(2)22-9-7-19(8-10-22)23(15-25-24(28)21-12-14-29-17-21)27-13-11-18-5-3-4-6-20(18)16-27/h3-10,12,14,17,23H,11,13,15-16H2,1-2H3,(H,25,28)/t23-/m0/s1. The number of rotatable bonds is 6. The van der Waals surface area contributed by atoms with Crippen molar-refractivity contribution in [2.75, 3.05) is 32.1 Å². The summed E-state index contributed by atoms with van der Waals surface area (Å²) >= 11 is 1.55. The van der Waals surface area contributed by atoms with E-state index in [2.05, 4.69) is 77.7 Å². The van der Waals surface area contributed by atoms with E-state index in [0.29, 0.717) is 6.54 Å². The predicted octanol–water partition coefficient (Wildman–Crippen LogP) is 4.34. The highest BCUT2D eigenvalue weighted by molar-refractivity contribution is 7.08. The molecule has 29 heavy (non-hydrogen) atoms. The van der Waals surface area contributed by atoms with E-state index in [-0.39, 0.29) is 11.9 Å². The first kappa shape index (κ1) is 19.7. The molecule has 0 bridgehead atoms. The Kier molecular flexibility index (Phi) is 5.97. The van der Waals surface area contributed by atoms with Crippen LogP contribution in [0.2, 0.25) is 0 Å². The molecule has 0 fully saturated rings. The van der Waals surface area contributed by atoms with Crippen molar-refractivity contribution in [1.82, 2.24) is 10.2 Å². The van der Waals surface area contributed by atoms with Crippen LogP contribution < -0.4 is 10.2 Å². The van der Waals surface area contributed by atoms with E-state index in [0.717, 1.165) is 25.1 Å². The third-order valence-electron chi connectivity index (χ3n) is 5.63. The fourth-order valence-electron chi connectivity index (χ4n) is 3.92. The number of nitrogens with zero attached hydrogens (tertiary/aromatic N) is 2. The number of amides is 1. The highest BCUT2D eigenvalue weighted by Gasteiger charge is 2.25. The molecule has 1 amide bonds. The number of hydrogen-bond acceptors (Lipinski definition) is 4. The summed E-state index contributed by atoms with van der Waals surface area (Å²) in [5.74, 6) is -0.00132. The van der Waals surface area contributed by atoms with Crippen LogP contribution in [0.25, 0.3) is 0 Å². The second kappa shape index (κ2) is 8.80. The lowest BCUT2D eigenvalue weighted by atomic mass is 9.96. The van der Waals surface area contributed by atoms with Crippen LogP contribution in [-0.2, 0) is 13.0 Å². The molecule has 1 aliphatic heterocycles. The Morgan fingerprint density at radius 1 is 1.10 bits per heavy atom. The fraction of sp³-hybridized carbons (Fsp3) is 0.292. The van der Waals surface area contributed by atoms with Crippen LogP contribution >= 0.6 is 11.3 Å². The van der Waals surface area contributed by atoms with Crippen molar-refractivity contribution < 1.29 is 4.79 Å². The zero-order valence-corrected chi connectivity index (χ0v) is 17.8. The van der Waals surface area contributed by atoms with Gasteiger partial charge in [-0.25, -0.2) is 0 Å². The maximum atomic E-state index is 12.5. The Labute approximate surface area is 176 Å². The Hall–Kier alpha value is -2.63. The van der Waals surface area contributed by atoms with Crippen LogP contribution in [0.1, 0.15) is 33.1 Å². The molecule has 2 aromatic carbocycles. The molecule has 1 aliphatic rings. The Bertz CT molecular complexity index is 951. The SMILES string of the molecule is CN(C)c1ccc([C@H](CNC(=O)c2ccsc2)N2CCc3ccccc3C2)cc1. The summed E-state index contributed by atoms with van der Waals surface area (Å²) in [6.07, 6.45) is 1.04. The van der Waals surface area contributed by atoms with Gasteiger partial charge in [-0.3, -0.25) is 9.69 Å². The van der Waals surface area contributed by atoms with Crippen LogP contribution in [0.3, 0.4) is 0 Å². The summed E-state index contributed by atoms with van der Waals surface area (Å²) in [5.41, 5.74) is 5.98. The Morgan fingerprint density at radius 3 is 2.55 bits per heavy atom. The van der Waals surface area contributed by atoms with Crippen LogP contribution in [0, 0.1) is 0 Å². The summed E-state index contributed by atoms with van der Waals surface area (Å²) in [5, 5.41) is 6.99. The van der Waals surface area contributed by atoms with Gasteiger partial charge in [0.1, 0.15) is 0 Å². The number of anilines is 1. The van der Waals surface area contributed by atoms with E-state index in [1.165, 1.54) is 22.4 Å². The molecular formula is C24H27N3OS. The fourth-order valence-corrected chi connectivity index (χ4v) is 4.56. The number of carbonyl (C=O) groups is 1. The zero-order chi connectivity index (χ0) is 20.2. The molecule has 2 heterocycles. The smallest absolute Gasteiger partial charge is 0.252 e. The van der Waals surface area contributed by atoms with Crippen LogP contribution in [0.15, 0.2) is 65.4 Å². The molecule has 150 valence electrons. The minimum atomic E-state index is -0.00132. The Morgan fingerprint density at radius 2 is 1.86 bits per heavy atom. The van der Waals surface area contributed by atoms with Gasteiger partial charge in [-0.15, -0.1) is 0 Å². The Balaban J connectivity index is 1.56. The van der Waals surface area contributed by atoms with Crippen molar-refractivity contribution in [1.29, 1.82) is 0 Å². The van der Waals surface area contributed by atoms with Gasteiger partial charge in [-0.05, 0) is 46.7 Å². The lowest BCUT2D eigenvalue weighted by molar-refractivity contribution is 0.0928. The largest absolute Gasteiger partial charge is 0.378 e. The molecule has 0 saturated heterocycles. The molecule has 1 aromatic heterocycles. The van der Waals surface area contributed by atoms with E-state index in [4.69, 9.17) is 0 Å². The van der Waals surface area contributed by atoms with Gasteiger partial charge in [0.2, 0.25) is 0 Å². The van der Waals surface area contributed by atoms with Crippen LogP contribution in [0.5, 0.6) is 0 Å². The third kappa shape index (κ3) is 4.52. The van der Waals surface area contributed by atoms with Gasteiger partial charge >= 0.3 is 0 Å². The minimum Gasteiger partial charge on any atom is -0.378 e. The number of fused-ring (bicyclic) bond motifs is 1. The topological polar surface area (TPSA) is 35.6 Å². The van der Waals surface area contributed by atoms with E-state index in [9.17, 15) is 4.79 Å². The number of nitrogens with one attached hydrogen (secondary N) is 1. The van der Waals surface area contributed by atoms with Gasteiger partial charge in [0.15, 0.2) is 0 Å². The molecule has 0 unspecified atom stereocenters. The molecule has 1 N–H and O–H groups in total. The molecule has 0 saturated carbocycles. The van der Waals surface area contributed by atoms with E-state index >= 15 is 0 Å². The second-order valence-corrected chi connectivity index (χ2v) is 8.49. The number of benzene rings is 2. The van der Waals surface area contributed by atoms with Gasteiger partial charge in [0.25, 0.3) is 5.91 Å². The molecule has 0 radical (unpaired) electrons.